The summed E-state index contributed by atoms with van der Waals surface area (Å²) < 4.78 is 0. The zero-order valence-corrected chi connectivity index (χ0v) is 18.5. The summed E-state index contributed by atoms with van der Waals surface area (Å²) in [6.45, 7) is 13.9. The number of hydrogen-bond donors (Lipinski definition) is 2. The molecule has 6 nitrogen and oxygen atoms in total. The minimum absolute atomic E-state index is 0.0932. The summed E-state index contributed by atoms with van der Waals surface area (Å²) in [6, 6.07) is 0.186. The number of carbonyl (C=O) groups is 2. The van der Waals surface area contributed by atoms with Gasteiger partial charge in [0.05, 0.1) is 0 Å². The lowest BCUT2D eigenvalue weighted by molar-refractivity contribution is 0.145. The molecule has 28 heavy (non-hydrogen) atoms. The van der Waals surface area contributed by atoms with E-state index in [0.717, 1.165) is 65.0 Å². The van der Waals surface area contributed by atoms with Crippen LogP contribution in [0.5, 0.6) is 0 Å². The predicted octanol–water partition coefficient (Wildman–Crippen LogP) is 3.92. The largest absolute Gasteiger partial charge is 0.338 e. The standard InChI is InChI=1S/C22H42N4O2/c1-17-11-18(2)14-25(13-17)21(27)23-9-7-5-6-8-10-24-22(28)26-15-19(3)12-20(4)16-26/h17-20H,5-16H2,1-4H3,(H,23,27)(H,24,28)/t17-,18-,19-,20+/m1/s1. The number of nitrogens with one attached hydrogen (secondary N) is 2. The van der Waals surface area contributed by atoms with Crippen molar-refractivity contribution in [1.82, 2.24) is 20.4 Å². The molecule has 2 N–H and O–H groups in total. The molecule has 2 aliphatic rings. The van der Waals surface area contributed by atoms with E-state index in [0.29, 0.717) is 23.7 Å². The zero-order valence-electron chi connectivity index (χ0n) is 18.5. The van der Waals surface area contributed by atoms with Crippen LogP contribution in [0.25, 0.3) is 0 Å². The van der Waals surface area contributed by atoms with Crippen molar-refractivity contribution in [3.8, 4) is 0 Å². The molecule has 2 heterocycles. The molecular weight excluding hydrogens is 352 g/mol. The Morgan fingerprint density at radius 1 is 0.643 bits per heavy atom. The molecule has 6 heteroatoms. The van der Waals surface area contributed by atoms with Crippen molar-refractivity contribution >= 4 is 12.1 Å². The number of piperidine rings is 2. The number of rotatable bonds is 7. The third-order valence-electron chi connectivity index (χ3n) is 5.97. The molecule has 0 aromatic carbocycles. The summed E-state index contributed by atoms with van der Waals surface area (Å²) >= 11 is 0. The molecule has 0 radical (unpaired) electrons. The van der Waals surface area contributed by atoms with Crippen LogP contribution in [0.2, 0.25) is 0 Å². The smallest absolute Gasteiger partial charge is 0.317 e. The normalized spacial score (nSPS) is 28.1. The topological polar surface area (TPSA) is 64.7 Å². The fourth-order valence-electron chi connectivity index (χ4n) is 4.88. The van der Waals surface area contributed by atoms with Crippen molar-refractivity contribution in [1.29, 1.82) is 0 Å². The molecule has 2 aliphatic heterocycles. The van der Waals surface area contributed by atoms with Crippen LogP contribution in [0.3, 0.4) is 0 Å². The molecule has 4 amide bonds. The van der Waals surface area contributed by atoms with E-state index in [2.05, 4.69) is 38.3 Å². The molecule has 0 aromatic rings. The quantitative estimate of drug-likeness (QED) is 0.643. The molecule has 0 aromatic heterocycles. The van der Waals surface area contributed by atoms with Crippen LogP contribution in [0.1, 0.15) is 66.2 Å². The molecule has 4 atom stereocenters. The highest BCUT2D eigenvalue weighted by Crippen LogP contribution is 2.21. The molecule has 0 spiro atoms. The first-order valence-electron chi connectivity index (χ1n) is 11.4. The van der Waals surface area contributed by atoms with Crippen molar-refractivity contribution in [3.05, 3.63) is 0 Å². The summed E-state index contributed by atoms with van der Waals surface area (Å²) in [5.74, 6) is 2.39. The number of urea groups is 2. The van der Waals surface area contributed by atoms with Crippen LogP contribution in [0, 0.1) is 23.7 Å². The number of amides is 4. The average molecular weight is 395 g/mol. The van der Waals surface area contributed by atoms with Crippen LogP contribution in [-0.2, 0) is 0 Å². The fourth-order valence-corrected chi connectivity index (χ4v) is 4.88. The van der Waals surface area contributed by atoms with Gasteiger partial charge in [-0.25, -0.2) is 9.59 Å². The van der Waals surface area contributed by atoms with Gasteiger partial charge in [0.15, 0.2) is 0 Å². The maximum Gasteiger partial charge on any atom is 0.317 e. The second kappa shape index (κ2) is 11.5. The van der Waals surface area contributed by atoms with Gasteiger partial charge in [0.25, 0.3) is 0 Å². The van der Waals surface area contributed by atoms with Crippen LogP contribution in [0.4, 0.5) is 9.59 Å². The highest BCUT2D eigenvalue weighted by Gasteiger charge is 2.26. The van der Waals surface area contributed by atoms with Crippen LogP contribution in [0.15, 0.2) is 0 Å². The molecule has 0 unspecified atom stereocenters. The van der Waals surface area contributed by atoms with E-state index < -0.39 is 0 Å². The Morgan fingerprint density at radius 3 is 1.29 bits per heavy atom. The van der Waals surface area contributed by atoms with Gasteiger partial charge >= 0.3 is 12.1 Å². The lowest BCUT2D eigenvalue weighted by Crippen LogP contribution is -2.47. The second-order valence-corrected chi connectivity index (χ2v) is 9.58. The van der Waals surface area contributed by atoms with Gasteiger partial charge in [-0.15, -0.1) is 0 Å². The molecular formula is C22H42N4O2. The number of hydrogen-bond acceptors (Lipinski definition) is 2. The Balaban J connectivity index is 1.47. The van der Waals surface area contributed by atoms with Crippen molar-refractivity contribution in [2.45, 2.75) is 66.2 Å². The van der Waals surface area contributed by atoms with E-state index in [-0.39, 0.29) is 12.1 Å². The molecule has 0 saturated carbocycles. The Hall–Kier alpha value is -1.46. The lowest BCUT2D eigenvalue weighted by Gasteiger charge is -2.35. The van der Waals surface area contributed by atoms with Crippen molar-refractivity contribution in [3.63, 3.8) is 0 Å². The number of unbranched alkanes of at least 4 members (excludes halogenated alkanes) is 3. The minimum Gasteiger partial charge on any atom is -0.338 e. The SMILES string of the molecule is C[C@@H]1C[C@@H](C)CN(C(=O)NCCCCCCNC(=O)N2C[C@H](C)C[C@H](C)C2)C1. The molecule has 162 valence electrons. The highest BCUT2D eigenvalue weighted by atomic mass is 16.2. The summed E-state index contributed by atoms with van der Waals surface area (Å²) in [6.07, 6.45) is 6.60. The highest BCUT2D eigenvalue weighted by molar-refractivity contribution is 5.74. The van der Waals surface area contributed by atoms with Crippen molar-refractivity contribution in [2.24, 2.45) is 23.7 Å². The molecule has 2 fully saturated rings. The van der Waals surface area contributed by atoms with E-state index >= 15 is 0 Å². The third kappa shape index (κ3) is 7.88. The maximum absolute atomic E-state index is 12.3. The van der Waals surface area contributed by atoms with Crippen LogP contribution >= 0.6 is 0 Å². The Bertz CT molecular complexity index is 435. The Labute approximate surface area is 171 Å². The molecule has 2 saturated heterocycles. The monoisotopic (exact) mass is 394 g/mol. The Kier molecular flexibility index (Phi) is 9.39. The van der Waals surface area contributed by atoms with Gasteiger partial charge < -0.3 is 20.4 Å². The maximum atomic E-state index is 12.3. The van der Waals surface area contributed by atoms with Crippen LogP contribution < -0.4 is 10.6 Å². The molecule has 0 aliphatic carbocycles. The van der Waals surface area contributed by atoms with Gasteiger partial charge in [-0.1, -0.05) is 40.5 Å². The number of nitrogens with zero attached hydrogens (tertiary/aromatic N) is 2. The predicted molar refractivity (Wildman–Crippen MR) is 114 cm³/mol. The summed E-state index contributed by atoms with van der Waals surface area (Å²) in [7, 11) is 0. The van der Waals surface area contributed by atoms with Gasteiger partial charge in [0, 0.05) is 39.3 Å². The van der Waals surface area contributed by atoms with Gasteiger partial charge in [-0.3, -0.25) is 0 Å². The van der Waals surface area contributed by atoms with Gasteiger partial charge in [0.2, 0.25) is 0 Å². The Morgan fingerprint density at radius 2 is 0.964 bits per heavy atom. The van der Waals surface area contributed by atoms with Crippen LogP contribution in [-0.4, -0.2) is 61.1 Å². The van der Waals surface area contributed by atoms with E-state index in [1.54, 1.807) is 0 Å². The van der Waals surface area contributed by atoms with E-state index in [4.69, 9.17) is 0 Å². The zero-order chi connectivity index (χ0) is 20.5. The summed E-state index contributed by atoms with van der Waals surface area (Å²) in [4.78, 5) is 28.5. The third-order valence-corrected chi connectivity index (χ3v) is 5.97. The summed E-state index contributed by atoms with van der Waals surface area (Å²) in [5, 5.41) is 6.13. The van der Waals surface area contributed by atoms with Gasteiger partial charge in [0.1, 0.15) is 0 Å². The lowest BCUT2D eigenvalue weighted by atomic mass is 9.92. The number of likely N-dealkylation sites (tertiary alicyclic amines) is 2. The first-order valence-corrected chi connectivity index (χ1v) is 11.4. The fraction of sp³-hybridized carbons (Fsp3) is 0.909. The molecule has 2 rings (SSSR count). The average Bonchev–Trinajstić information content (AvgIpc) is 2.61. The molecule has 0 bridgehead atoms. The van der Waals surface area contributed by atoms with E-state index in [9.17, 15) is 9.59 Å². The van der Waals surface area contributed by atoms with Crippen molar-refractivity contribution < 1.29 is 9.59 Å². The van der Waals surface area contributed by atoms with Gasteiger partial charge in [-0.2, -0.15) is 0 Å². The summed E-state index contributed by atoms with van der Waals surface area (Å²) in [5.41, 5.74) is 0. The van der Waals surface area contributed by atoms with Gasteiger partial charge in [-0.05, 0) is 49.4 Å². The van der Waals surface area contributed by atoms with E-state index in [1.807, 2.05) is 9.80 Å². The minimum atomic E-state index is 0.0932. The van der Waals surface area contributed by atoms with Crippen molar-refractivity contribution in [2.75, 3.05) is 39.3 Å². The number of carbonyl (C=O) groups excluding carboxylic acids is 2. The van der Waals surface area contributed by atoms with E-state index in [1.165, 1.54) is 12.8 Å². The second-order valence-electron chi connectivity index (χ2n) is 9.58. The first kappa shape index (κ1) is 22.8. The first-order chi connectivity index (χ1) is 13.3.